The van der Waals surface area contributed by atoms with Gasteiger partial charge in [0.1, 0.15) is 11.6 Å². The van der Waals surface area contributed by atoms with Gasteiger partial charge < -0.3 is 15.5 Å². The molecule has 3 rings (SSSR count). The summed E-state index contributed by atoms with van der Waals surface area (Å²) >= 11 is 0. The van der Waals surface area contributed by atoms with Gasteiger partial charge in [0.25, 0.3) is 0 Å². The number of fused-ring (bicyclic) bond motifs is 1. The molecule has 0 bridgehead atoms. The van der Waals surface area contributed by atoms with Crippen LogP contribution in [0.3, 0.4) is 0 Å². The van der Waals surface area contributed by atoms with Crippen LogP contribution in [0.15, 0.2) is 54.7 Å². The molecule has 1 aromatic heterocycles. The second-order valence-electron chi connectivity index (χ2n) is 4.57. The van der Waals surface area contributed by atoms with Gasteiger partial charge in [0.15, 0.2) is 0 Å². The van der Waals surface area contributed by atoms with Crippen LogP contribution in [0.1, 0.15) is 10.4 Å². The lowest BCUT2D eigenvalue weighted by molar-refractivity contribution is 0.0697. The Kier molecular flexibility index (Phi) is 3.16. The molecule has 0 aliphatic carbocycles. The van der Waals surface area contributed by atoms with Crippen molar-refractivity contribution in [1.82, 2.24) is 4.98 Å². The molecule has 0 spiro atoms. The zero-order valence-electron chi connectivity index (χ0n) is 10.9. The maximum Gasteiger partial charge on any atom is 0.335 e. The molecule has 3 N–H and O–H groups in total. The maximum absolute atomic E-state index is 10.8. The number of aromatic nitrogens is 1. The van der Waals surface area contributed by atoms with E-state index in [1.165, 1.54) is 12.1 Å². The number of phenolic OH excluding ortho intramolecular Hbond substituents is 1. The summed E-state index contributed by atoms with van der Waals surface area (Å²) in [5.74, 6) is -0.194. The number of aromatic carboxylic acids is 1. The average Bonchev–Trinajstić information content (AvgIpc) is 2.48. The highest BCUT2D eigenvalue weighted by Crippen LogP contribution is 2.27. The molecule has 1 heterocycles. The summed E-state index contributed by atoms with van der Waals surface area (Å²) in [6.07, 6.45) is 1.67. The topological polar surface area (TPSA) is 82.5 Å². The van der Waals surface area contributed by atoms with Crippen molar-refractivity contribution in [2.45, 2.75) is 0 Å². The van der Waals surface area contributed by atoms with E-state index in [0.717, 1.165) is 16.5 Å². The number of nitrogens with zero attached hydrogens (tertiary/aromatic N) is 1. The molecule has 5 nitrogen and oxygen atoms in total. The van der Waals surface area contributed by atoms with E-state index in [0.29, 0.717) is 5.82 Å². The summed E-state index contributed by atoms with van der Waals surface area (Å²) in [4.78, 5) is 15.1. The van der Waals surface area contributed by atoms with Gasteiger partial charge in [-0.15, -0.1) is 0 Å². The second-order valence-corrected chi connectivity index (χ2v) is 4.57. The SMILES string of the molecule is O=C(O)c1ccc(Nc2nccc3ccc(O)cc23)cc1. The molecular weight excluding hydrogens is 268 g/mol. The first-order valence-electron chi connectivity index (χ1n) is 6.31. The van der Waals surface area contributed by atoms with Crippen LogP contribution in [0.4, 0.5) is 11.5 Å². The van der Waals surface area contributed by atoms with Crippen LogP contribution in [-0.2, 0) is 0 Å². The minimum atomic E-state index is -0.963. The number of pyridine rings is 1. The van der Waals surface area contributed by atoms with E-state index in [1.807, 2.05) is 12.1 Å². The Morgan fingerprint density at radius 1 is 1.05 bits per heavy atom. The van der Waals surface area contributed by atoms with Crippen LogP contribution in [-0.4, -0.2) is 21.2 Å². The first-order chi connectivity index (χ1) is 10.1. The zero-order valence-corrected chi connectivity index (χ0v) is 10.9. The molecule has 2 aromatic carbocycles. The highest BCUT2D eigenvalue weighted by Gasteiger charge is 2.05. The van der Waals surface area contributed by atoms with Gasteiger partial charge in [-0.3, -0.25) is 0 Å². The predicted octanol–water partition coefficient (Wildman–Crippen LogP) is 3.38. The van der Waals surface area contributed by atoms with Crippen molar-refractivity contribution < 1.29 is 15.0 Å². The van der Waals surface area contributed by atoms with E-state index in [1.54, 1.807) is 30.5 Å². The Balaban J connectivity index is 1.97. The first kappa shape index (κ1) is 12.9. The molecule has 0 atom stereocenters. The number of benzene rings is 2. The van der Waals surface area contributed by atoms with Gasteiger partial charge in [0.05, 0.1) is 5.56 Å². The Bertz CT molecular complexity index is 813. The number of carbonyl (C=O) groups is 1. The van der Waals surface area contributed by atoms with E-state index >= 15 is 0 Å². The lowest BCUT2D eigenvalue weighted by atomic mass is 10.1. The third-order valence-corrected chi connectivity index (χ3v) is 3.14. The molecule has 104 valence electrons. The molecule has 0 aliphatic heterocycles. The number of phenols is 1. The molecule has 0 radical (unpaired) electrons. The summed E-state index contributed by atoms with van der Waals surface area (Å²) in [6, 6.07) is 13.3. The predicted molar refractivity (Wildman–Crippen MR) is 80.1 cm³/mol. The maximum atomic E-state index is 10.8. The van der Waals surface area contributed by atoms with Crippen LogP contribution >= 0.6 is 0 Å². The van der Waals surface area contributed by atoms with Gasteiger partial charge >= 0.3 is 5.97 Å². The quantitative estimate of drug-likeness (QED) is 0.685. The fourth-order valence-electron chi connectivity index (χ4n) is 2.09. The van der Waals surface area contributed by atoms with Crippen LogP contribution < -0.4 is 5.32 Å². The van der Waals surface area contributed by atoms with E-state index < -0.39 is 5.97 Å². The third kappa shape index (κ3) is 2.62. The molecule has 0 saturated carbocycles. The highest BCUT2D eigenvalue weighted by atomic mass is 16.4. The summed E-state index contributed by atoms with van der Waals surface area (Å²) in [7, 11) is 0. The summed E-state index contributed by atoms with van der Waals surface area (Å²) in [5.41, 5.74) is 0.951. The zero-order chi connectivity index (χ0) is 14.8. The fraction of sp³-hybridized carbons (Fsp3) is 0. The molecule has 0 amide bonds. The van der Waals surface area contributed by atoms with Gasteiger partial charge in [-0.05, 0) is 47.9 Å². The van der Waals surface area contributed by atoms with Crippen LogP contribution in [0.2, 0.25) is 0 Å². The lowest BCUT2D eigenvalue weighted by Crippen LogP contribution is -1.98. The first-order valence-corrected chi connectivity index (χ1v) is 6.31. The van der Waals surface area contributed by atoms with Crippen LogP contribution in [0, 0.1) is 0 Å². The van der Waals surface area contributed by atoms with Gasteiger partial charge in [-0.2, -0.15) is 0 Å². The number of aromatic hydroxyl groups is 1. The number of carboxylic acids is 1. The molecule has 0 unspecified atom stereocenters. The van der Waals surface area contributed by atoms with Gasteiger partial charge in [-0.1, -0.05) is 6.07 Å². The van der Waals surface area contributed by atoms with Gasteiger partial charge in [0.2, 0.25) is 0 Å². The fourth-order valence-corrected chi connectivity index (χ4v) is 2.09. The molecule has 21 heavy (non-hydrogen) atoms. The van der Waals surface area contributed by atoms with Crippen LogP contribution in [0.25, 0.3) is 10.8 Å². The van der Waals surface area contributed by atoms with Crippen molar-refractivity contribution in [3.63, 3.8) is 0 Å². The normalized spacial score (nSPS) is 10.5. The minimum Gasteiger partial charge on any atom is -0.508 e. The summed E-state index contributed by atoms with van der Waals surface area (Å²) in [5, 5.41) is 23.3. The smallest absolute Gasteiger partial charge is 0.335 e. The largest absolute Gasteiger partial charge is 0.508 e. The van der Waals surface area contributed by atoms with Crippen molar-refractivity contribution in [3.05, 3.63) is 60.3 Å². The molecular formula is C16H12N2O3. The molecule has 0 aliphatic rings. The van der Waals surface area contributed by atoms with Crippen molar-refractivity contribution in [2.24, 2.45) is 0 Å². The van der Waals surface area contributed by atoms with Crippen molar-refractivity contribution >= 4 is 28.2 Å². The number of hydrogen-bond acceptors (Lipinski definition) is 4. The number of nitrogens with one attached hydrogen (secondary N) is 1. The standard InChI is InChI=1S/C16H12N2O3/c19-13-6-3-10-7-8-17-15(14(10)9-13)18-12-4-1-11(2-5-12)16(20)21/h1-9,19H,(H,17,18)(H,20,21). The average molecular weight is 280 g/mol. The minimum absolute atomic E-state index is 0.166. The molecule has 0 fully saturated rings. The van der Waals surface area contributed by atoms with Gasteiger partial charge in [0, 0.05) is 17.3 Å². The monoisotopic (exact) mass is 280 g/mol. The highest BCUT2D eigenvalue weighted by molar-refractivity contribution is 5.94. The van der Waals surface area contributed by atoms with E-state index in [2.05, 4.69) is 10.3 Å². The van der Waals surface area contributed by atoms with Crippen molar-refractivity contribution in [3.8, 4) is 5.75 Å². The summed E-state index contributed by atoms with van der Waals surface area (Å²) < 4.78 is 0. The lowest BCUT2D eigenvalue weighted by Gasteiger charge is -2.09. The number of anilines is 2. The van der Waals surface area contributed by atoms with E-state index in [-0.39, 0.29) is 11.3 Å². The molecule has 5 heteroatoms. The Morgan fingerprint density at radius 2 is 1.81 bits per heavy atom. The number of rotatable bonds is 3. The van der Waals surface area contributed by atoms with E-state index in [4.69, 9.17) is 5.11 Å². The van der Waals surface area contributed by atoms with E-state index in [9.17, 15) is 9.90 Å². The summed E-state index contributed by atoms with van der Waals surface area (Å²) in [6.45, 7) is 0. The molecule has 0 saturated heterocycles. The third-order valence-electron chi connectivity index (χ3n) is 3.14. The number of carboxylic acid groups (broad SMARTS) is 1. The van der Waals surface area contributed by atoms with Crippen LogP contribution in [0.5, 0.6) is 5.75 Å². The number of hydrogen-bond donors (Lipinski definition) is 3. The van der Waals surface area contributed by atoms with Crippen molar-refractivity contribution in [1.29, 1.82) is 0 Å². The molecule has 3 aromatic rings. The van der Waals surface area contributed by atoms with Gasteiger partial charge in [-0.25, -0.2) is 9.78 Å². The Labute approximate surface area is 120 Å². The van der Waals surface area contributed by atoms with Crippen molar-refractivity contribution in [2.75, 3.05) is 5.32 Å². The Morgan fingerprint density at radius 3 is 2.52 bits per heavy atom. The second kappa shape index (κ2) is 5.13. The Hall–Kier alpha value is -3.08.